The Kier molecular flexibility index (Phi) is 13.2. The highest BCUT2D eigenvalue weighted by molar-refractivity contribution is 14.1. The van der Waals surface area contributed by atoms with Crippen molar-refractivity contribution in [2.24, 2.45) is 0 Å². The minimum atomic E-state index is -1.60. The maximum absolute atomic E-state index is 14.0. The summed E-state index contributed by atoms with van der Waals surface area (Å²) in [4.78, 5) is 88.1. The number of nitrogens with one attached hydrogen (secondary N) is 2. The molecule has 0 aliphatic carbocycles. The van der Waals surface area contributed by atoms with Gasteiger partial charge in [-0.15, -0.1) is 0 Å². The van der Waals surface area contributed by atoms with Gasteiger partial charge in [0.1, 0.15) is 6.54 Å². The smallest absolute Gasteiger partial charge is 0.337 e. The molecule has 0 fully saturated rings. The first-order valence-electron chi connectivity index (χ1n) is 10.4. The molecular formula is C22H13I6N3O10. The van der Waals surface area contributed by atoms with E-state index in [1.165, 1.54) is 13.8 Å². The zero-order valence-corrected chi connectivity index (χ0v) is 33.1. The molecule has 2 rings (SSSR count). The number of carbonyl (C=O) groups is 7. The quantitative estimate of drug-likeness (QED) is 0.177. The number of hydrogen-bond acceptors (Lipinski definition) is 7. The molecule has 5 N–H and O–H groups in total. The second-order valence-electron chi connectivity index (χ2n) is 7.70. The summed E-state index contributed by atoms with van der Waals surface area (Å²) in [5, 5.41) is 34.3. The SMILES string of the molecule is CC(=O)Nc1c(I)c(C(=O)O)c(I)c(C(=O)N(CC(=O)O)C(=O)c2c(I)c(NC(C)=O)c(I)c(C(=O)O)c2I)c1I. The first kappa shape index (κ1) is 36.5. The number of aliphatic carboxylic acids is 1. The summed E-state index contributed by atoms with van der Waals surface area (Å²) in [5.74, 6) is -8.06. The zero-order chi connectivity index (χ0) is 31.7. The van der Waals surface area contributed by atoms with Crippen molar-refractivity contribution in [3.8, 4) is 0 Å². The highest BCUT2D eigenvalue weighted by Gasteiger charge is 2.37. The molecule has 0 aliphatic heterocycles. The number of aromatic carboxylic acids is 2. The molecule has 0 aliphatic rings. The van der Waals surface area contributed by atoms with Gasteiger partial charge in [0, 0.05) is 21.0 Å². The third-order valence-corrected chi connectivity index (χ3v) is 11.3. The Morgan fingerprint density at radius 1 is 0.561 bits per heavy atom. The van der Waals surface area contributed by atoms with Crippen molar-refractivity contribution < 1.29 is 48.9 Å². The third kappa shape index (κ3) is 7.88. The highest BCUT2D eigenvalue weighted by atomic mass is 127. The Bertz CT molecular complexity index is 1470. The van der Waals surface area contributed by atoms with Crippen LogP contribution in [-0.4, -0.2) is 68.3 Å². The maximum Gasteiger partial charge on any atom is 0.337 e. The first-order valence-corrected chi connectivity index (χ1v) is 16.8. The minimum absolute atomic E-state index is 0.0258. The van der Waals surface area contributed by atoms with Gasteiger partial charge in [-0.05, 0) is 136 Å². The molecule has 0 heterocycles. The standard InChI is InChI=1S/C22H13I6N3O10/c1-4(32)29-17-13(25)7(11(23)9(15(17)27)21(38)39)19(36)31(3-6(34)35)20(37)8-12(24)10(22(40)41)16(28)18(14(8)26)30-5(2)33/h3H2,1-2H3,(H,29,32)(H,30,33)(H,34,35)(H,38,39)(H,40,41). The number of nitrogens with zero attached hydrogens (tertiary/aromatic N) is 1. The van der Waals surface area contributed by atoms with Crippen molar-refractivity contribution in [2.75, 3.05) is 17.2 Å². The van der Waals surface area contributed by atoms with E-state index in [9.17, 15) is 48.9 Å². The molecule has 2 aromatic rings. The Balaban J connectivity index is 2.98. The van der Waals surface area contributed by atoms with Crippen LogP contribution >= 0.6 is 136 Å². The molecule has 19 heteroatoms. The Labute approximate surface area is 312 Å². The van der Waals surface area contributed by atoms with Gasteiger partial charge in [0.15, 0.2) is 0 Å². The fraction of sp³-hybridized carbons (Fsp3) is 0.136. The van der Waals surface area contributed by atoms with E-state index < -0.39 is 48.1 Å². The number of anilines is 2. The monoisotopic (exact) mass is 1240 g/mol. The number of amides is 4. The molecule has 0 saturated heterocycles. The van der Waals surface area contributed by atoms with Crippen molar-refractivity contribution in [1.29, 1.82) is 0 Å². The molecule has 41 heavy (non-hydrogen) atoms. The molecule has 4 amide bonds. The number of carboxylic acids is 3. The number of hydrogen-bond donors (Lipinski definition) is 5. The molecule has 0 saturated carbocycles. The predicted octanol–water partition coefficient (Wildman–Crippen LogP) is 4.99. The average Bonchev–Trinajstić information content (AvgIpc) is 2.81. The van der Waals surface area contributed by atoms with Crippen molar-refractivity contribution in [3.05, 3.63) is 43.7 Å². The molecule has 218 valence electrons. The minimum Gasteiger partial charge on any atom is -0.480 e. The van der Waals surface area contributed by atoms with Gasteiger partial charge >= 0.3 is 17.9 Å². The molecular weight excluding hydrogens is 1230 g/mol. The van der Waals surface area contributed by atoms with Crippen LogP contribution in [0.2, 0.25) is 0 Å². The molecule has 0 aromatic heterocycles. The molecule has 0 atom stereocenters. The molecule has 0 radical (unpaired) electrons. The lowest BCUT2D eigenvalue weighted by molar-refractivity contribution is -0.137. The Morgan fingerprint density at radius 2 is 0.854 bits per heavy atom. The topological polar surface area (TPSA) is 207 Å². The normalized spacial score (nSPS) is 10.5. The van der Waals surface area contributed by atoms with Crippen LogP contribution in [0.3, 0.4) is 0 Å². The van der Waals surface area contributed by atoms with Crippen LogP contribution in [-0.2, 0) is 14.4 Å². The van der Waals surface area contributed by atoms with E-state index in [0.717, 1.165) is 0 Å². The second kappa shape index (κ2) is 14.9. The molecule has 0 bridgehead atoms. The molecule has 2 aromatic carbocycles. The molecule has 0 unspecified atom stereocenters. The van der Waals surface area contributed by atoms with E-state index in [0.29, 0.717) is 4.90 Å². The Morgan fingerprint density at radius 3 is 1.10 bits per heavy atom. The Hall–Kier alpha value is -0.690. The summed E-state index contributed by atoms with van der Waals surface area (Å²) in [6.45, 7) is 1.16. The summed E-state index contributed by atoms with van der Waals surface area (Å²) in [5.41, 5.74) is -1.50. The number of carbonyl (C=O) groups excluding carboxylic acids is 4. The van der Waals surface area contributed by atoms with Crippen LogP contribution in [0.25, 0.3) is 0 Å². The number of benzene rings is 2. The van der Waals surface area contributed by atoms with Crippen LogP contribution in [0.1, 0.15) is 55.3 Å². The predicted molar refractivity (Wildman–Crippen MR) is 195 cm³/mol. The van der Waals surface area contributed by atoms with Crippen LogP contribution in [0.4, 0.5) is 11.4 Å². The van der Waals surface area contributed by atoms with Gasteiger partial charge in [-0.25, -0.2) is 9.59 Å². The third-order valence-electron chi connectivity index (χ3n) is 4.88. The number of rotatable bonds is 8. The van der Waals surface area contributed by atoms with Crippen molar-refractivity contribution in [1.82, 2.24) is 4.90 Å². The number of imide groups is 1. The van der Waals surface area contributed by atoms with E-state index in [1.54, 1.807) is 136 Å². The van der Waals surface area contributed by atoms with Crippen molar-refractivity contribution in [3.63, 3.8) is 0 Å². The fourth-order valence-electron chi connectivity index (χ4n) is 3.29. The number of carboxylic acid groups (broad SMARTS) is 3. The van der Waals surface area contributed by atoms with Gasteiger partial charge in [0.2, 0.25) is 11.8 Å². The summed E-state index contributed by atoms with van der Waals surface area (Å²) in [6.07, 6.45) is 0. The van der Waals surface area contributed by atoms with E-state index in [4.69, 9.17) is 0 Å². The van der Waals surface area contributed by atoms with Crippen molar-refractivity contribution in [2.45, 2.75) is 13.8 Å². The van der Waals surface area contributed by atoms with Gasteiger partial charge in [0.05, 0.1) is 47.9 Å². The van der Waals surface area contributed by atoms with Gasteiger partial charge in [-0.2, -0.15) is 0 Å². The van der Waals surface area contributed by atoms with Gasteiger partial charge < -0.3 is 26.0 Å². The summed E-state index contributed by atoms with van der Waals surface area (Å²) in [7, 11) is 0. The number of halogens is 6. The lowest BCUT2D eigenvalue weighted by Crippen LogP contribution is -2.42. The largest absolute Gasteiger partial charge is 0.480 e. The van der Waals surface area contributed by atoms with Crippen molar-refractivity contribution >= 4 is 188 Å². The molecule has 13 nitrogen and oxygen atoms in total. The lowest BCUT2D eigenvalue weighted by atomic mass is 10.0. The second-order valence-corrected chi connectivity index (χ2v) is 14.2. The van der Waals surface area contributed by atoms with Crippen LogP contribution in [0.5, 0.6) is 0 Å². The van der Waals surface area contributed by atoms with Gasteiger partial charge in [0.25, 0.3) is 11.8 Å². The van der Waals surface area contributed by atoms with Crippen LogP contribution in [0.15, 0.2) is 0 Å². The van der Waals surface area contributed by atoms with E-state index in [1.807, 2.05) is 0 Å². The summed E-state index contributed by atoms with van der Waals surface area (Å²) < 4.78 is 0.0368. The van der Waals surface area contributed by atoms with E-state index in [-0.39, 0.29) is 55.0 Å². The van der Waals surface area contributed by atoms with Crippen LogP contribution < -0.4 is 10.6 Å². The van der Waals surface area contributed by atoms with E-state index >= 15 is 0 Å². The first-order chi connectivity index (χ1) is 18.8. The average molecular weight is 1240 g/mol. The summed E-state index contributed by atoms with van der Waals surface area (Å²) in [6, 6.07) is 0. The zero-order valence-electron chi connectivity index (χ0n) is 20.1. The lowest BCUT2D eigenvalue weighted by Gasteiger charge is -2.25. The van der Waals surface area contributed by atoms with Crippen LogP contribution in [0, 0.1) is 21.4 Å². The maximum atomic E-state index is 14.0. The van der Waals surface area contributed by atoms with Gasteiger partial charge in [-0.3, -0.25) is 28.9 Å². The summed E-state index contributed by atoms with van der Waals surface area (Å²) >= 11 is 9.93. The molecule has 0 spiro atoms. The van der Waals surface area contributed by atoms with E-state index in [2.05, 4.69) is 10.6 Å². The van der Waals surface area contributed by atoms with Gasteiger partial charge in [-0.1, -0.05) is 0 Å². The highest BCUT2D eigenvalue weighted by Crippen LogP contribution is 2.39. The fourth-order valence-corrected chi connectivity index (χ4v) is 12.0.